The summed E-state index contributed by atoms with van der Waals surface area (Å²) in [5, 5.41) is 5.95. The summed E-state index contributed by atoms with van der Waals surface area (Å²) in [5.41, 5.74) is 6.53. The maximum Gasteiger partial charge on any atom is 0.404 e. The molecule has 0 saturated carbocycles. The molecule has 0 spiro atoms. The minimum Gasteiger partial charge on any atom is -0.482 e. The minimum absolute atomic E-state index is 0.0376. The van der Waals surface area contributed by atoms with E-state index in [1.165, 1.54) is 0 Å². The van der Waals surface area contributed by atoms with Gasteiger partial charge in [0, 0.05) is 12.6 Å². The Kier molecular flexibility index (Phi) is 4.41. The molecule has 0 radical (unpaired) electrons. The van der Waals surface area contributed by atoms with Crippen molar-refractivity contribution in [3.05, 3.63) is 23.8 Å². The third-order valence-electron chi connectivity index (χ3n) is 2.93. The number of hydrogen-bond donors (Lipinski definition) is 3. The van der Waals surface area contributed by atoms with Crippen LogP contribution < -0.4 is 21.1 Å². The fourth-order valence-corrected chi connectivity index (χ4v) is 1.91. The lowest BCUT2D eigenvalue weighted by molar-refractivity contribution is -0.118. The maximum atomic E-state index is 11.3. The highest BCUT2D eigenvalue weighted by molar-refractivity contribution is 5.95. The third-order valence-corrected chi connectivity index (χ3v) is 2.93. The van der Waals surface area contributed by atoms with E-state index in [9.17, 15) is 9.59 Å². The van der Waals surface area contributed by atoms with Gasteiger partial charge in [-0.2, -0.15) is 0 Å². The number of fused-ring (bicyclic) bond motifs is 1. The van der Waals surface area contributed by atoms with E-state index in [-0.39, 0.29) is 25.2 Å². The summed E-state index contributed by atoms with van der Waals surface area (Å²) in [5.74, 6) is 0.503. The molecule has 1 aromatic carbocycles. The van der Waals surface area contributed by atoms with E-state index in [1.54, 1.807) is 0 Å². The number of hydrogen-bond acceptors (Lipinski definition) is 5. The van der Waals surface area contributed by atoms with Crippen LogP contribution in [0, 0.1) is 0 Å². The third kappa shape index (κ3) is 3.61. The molecule has 2 rings (SSSR count). The molecular formula is C13H17N3O4. The van der Waals surface area contributed by atoms with Gasteiger partial charge >= 0.3 is 6.09 Å². The quantitative estimate of drug-likeness (QED) is 0.691. The zero-order valence-corrected chi connectivity index (χ0v) is 11.1. The van der Waals surface area contributed by atoms with Gasteiger partial charge in [0.05, 0.1) is 5.69 Å². The fourth-order valence-electron chi connectivity index (χ4n) is 1.91. The Balaban J connectivity index is 1.93. The number of benzene rings is 1. The molecule has 1 aromatic rings. The van der Waals surface area contributed by atoms with Gasteiger partial charge in [-0.15, -0.1) is 0 Å². The van der Waals surface area contributed by atoms with Gasteiger partial charge in [0.15, 0.2) is 6.61 Å². The molecule has 0 bridgehead atoms. The van der Waals surface area contributed by atoms with Crippen LogP contribution in [0.5, 0.6) is 5.75 Å². The van der Waals surface area contributed by atoms with Crippen molar-refractivity contribution in [2.45, 2.75) is 13.0 Å². The Hall–Kier alpha value is -2.28. The molecule has 20 heavy (non-hydrogen) atoms. The van der Waals surface area contributed by atoms with Crippen LogP contribution in [-0.2, 0) is 9.53 Å². The lowest BCUT2D eigenvalue weighted by Crippen LogP contribution is -2.27. The van der Waals surface area contributed by atoms with Crippen LogP contribution in [-0.4, -0.2) is 31.8 Å². The smallest absolute Gasteiger partial charge is 0.404 e. The number of carbonyl (C=O) groups is 2. The molecule has 1 unspecified atom stereocenters. The standard InChI is InChI=1S/C13H17N3O4/c1-8(15-4-5-19-13(14)18)9-2-3-11-10(6-9)16-12(17)7-20-11/h2-3,6,8,15H,4-5,7H2,1H3,(H2,14,18)(H,16,17). The van der Waals surface area contributed by atoms with E-state index >= 15 is 0 Å². The van der Waals surface area contributed by atoms with E-state index in [0.717, 1.165) is 5.56 Å². The van der Waals surface area contributed by atoms with Crippen molar-refractivity contribution < 1.29 is 19.1 Å². The van der Waals surface area contributed by atoms with Gasteiger partial charge in [-0.05, 0) is 24.6 Å². The number of carbonyl (C=O) groups excluding carboxylic acids is 2. The van der Waals surface area contributed by atoms with E-state index in [4.69, 9.17) is 10.5 Å². The van der Waals surface area contributed by atoms with Crippen molar-refractivity contribution >= 4 is 17.7 Å². The summed E-state index contributed by atoms with van der Waals surface area (Å²) in [6.07, 6.45) is -0.784. The molecular weight excluding hydrogens is 262 g/mol. The summed E-state index contributed by atoms with van der Waals surface area (Å²) in [6, 6.07) is 5.64. The van der Waals surface area contributed by atoms with E-state index < -0.39 is 6.09 Å². The molecule has 1 aliphatic heterocycles. The molecule has 4 N–H and O–H groups in total. The lowest BCUT2D eigenvalue weighted by Gasteiger charge is -2.21. The van der Waals surface area contributed by atoms with Crippen molar-refractivity contribution in [3.8, 4) is 5.75 Å². The number of primary amides is 1. The largest absolute Gasteiger partial charge is 0.482 e. The Bertz CT molecular complexity index is 518. The zero-order chi connectivity index (χ0) is 14.5. The van der Waals surface area contributed by atoms with Crippen LogP contribution in [0.2, 0.25) is 0 Å². The van der Waals surface area contributed by atoms with Crippen LogP contribution in [0.4, 0.5) is 10.5 Å². The van der Waals surface area contributed by atoms with E-state index in [2.05, 4.69) is 15.4 Å². The highest BCUT2D eigenvalue weighted by Gasteiger charge is 2.17. The van der Waals surface area contributed by atoms with Crippen molar-refractivity contribution in [1.29, 1.82) is 0 Å². The van der Waals surface area contributed by atoms with E-state index in [0.29, 0.717) is 18.0 Å². The summed E-state index contributed by atoms with van der Waals surface area (Å²) < 4.78 is 9.92. The van der Waals surface area contributed by atoms with Crippen LogP contribution in [0.15, 0.2) is 18.2 Å². The highest BCUT2D eigenvalue weighted by Crippen LogP contribution is 2.30. The van der Waals surface area contributed by atoms with Gasteiger partial charge in [-0.1, -0.05) is 6.07 Å². The second-order valence-corrected chi connectivity index (χ2v) is 4.44. The summed E-state index contributed by atoms with van der Waals surface area (Å²) >= 11 is 0. The second kappa shape index (κ2) is 6.25. The number of nitrogens with one attached hydrogen (secondary N) is 2. The SMILES string of the molecule is CC(NCCOC(N)=O)c1ccc2c(c1)NC(=O)CO2. The fraction of sp³-hybridized carbons (Fsp3) is 0.385. The van der Waals surface area contributed by atoms with Crippen LogP contribution in [0.1, 0.15) is 18.5 Å². The predicted molar refractivity (Wildman–Crippen MR) is 72.5 cm³/mol. The molecule has 0 saturated heterocycles. The first-order valence-corrected chi connectivity index (χ1v) is 6.28. The van der Waals surface area contributed by atoms with Crippen LogP contribution >= 0.6 is 0 Å². The van der Waals surface area contributed by atoms with Crippen molar-refractivity contribution in [2.24, 2.45) is 5.73 Å². The molecule has 1 aliphatic rings. The Morgan fingerprint density at radius 3 is 3.15 bits per heavy atom. The minimum atomic E-state index is -0.784. The zero-order valence-electron chi connectivity index (χ0n) is 11.1. The number of anilines is 1. The predicted octanol–water partition coefficient (Wildman–Crippen LogP) is 0.763. The number of nitrogens with two attached hydrogens (primary N) is 1. The molecule has 2 amide bonds. The van der Waals surface area contributed by atoms with Crippen molar-refractivity contribution in [1.82, 2.24) is 5.32 Å². The lowest BCUT2D eigenvalue weighted by atomic mass is 10.1. The van der Waals surface area contributed by atoms with Gasteiger partial charge in [-0.3, -0.25) is 4.79 Å². The summed E-state index contributed by atoms with van der Waals surface area (Å²) in [7, 11) is 0. The molecule has 7 nitrogen and oxygen atoms in total. The number of ether oxygens (including phenoxy) is 2. The first kappa shape index (κ1) is 14.1. The van der Waals surface area contributed by atoms with Crippen molar-refractivity contribution in [3.63, 3.8) is 0 Å². The molecule has 0 aromatic heterocycles. The average Bonchev–Trinajstić information content (AvgIpc) is 2.42. The molecule has 1 atom stereocenters. The summed E-state index contributed by atoms with van der Waals surface area (Å²) in [4.78, 5) is 21.7. The Morgan fingerprint density at radius 2 is 2.40 bits per heavy atom. The Labute approximate surface area is 116 Å². The van der Waals surface area contributed by atoms with Crippen LogP contribution in [0.25, 0.3) is 0 Å². The summed E-state index contributed by atoms with van der Waals surface area (Å²) in [6.45, 7) is 2.72. The van der Waals surface area contributed by atoms with E-state index in [1.807, 2.05) is 25.1 Å². The molecule has 108 valence electrons. The topological polar surface area (TPSA) is 103 Å². The van der Waals surface area contributed by atoms with Gasteiger partial charge in [0.2, 0.25) is 0 Å². The van der Waals surface area contributed by atoms with Crippen molar-refractivity contribution in [2.75, 3.05) is 25.1 Å². The average molecular weight is 279 g/mol. The normalized spacial score (nSPS) is 14.8. The van der Waals surface area contributed by atoms with Gasteiger partial charge in [0.25, 0.3) is 5.91 Å². The molecule has 1 heterocycles. The second-order valence-electron chi connectivity index (χ2n) is 4.44. The molecule has 0 fully saturated rings. The first-order chi connectivity index (χ1) is 9.56. The molecule has 7 heteroatoms. The highest BCUT2D eigenvalue weighted by atomic mass is 16.5. The molecule has 0 aliphatic carbocycles. The monoisotopic (exact) mass is 279 g/mol. The first-order valence-electron chi connectivity index (χ1n) is 6.28. The number of amides is 2. The van der Waals surface area contributed by atoms with Gasteiger partial charge in [0.1, 0.15) is 12.4 Å². The van der Waals surface area contributed by atoms with Gasteiger partial charge < -0.3 is 25.8 Å². The van der Waals surface area contributed by atoms with Gasteiger partial charge in [-0.25, -0.2) is 4.79 Å². The van der Waals surface area contributed by atoms with Crippen LogP contribution in [0.3, 0.4) is 0 Å². The maximum absolute atomic E-state index is 11.3. The Morgan fingerprint density at radius 1 is 1.60 bits per heavy atom. The number of rotatable bonds is 5.